The zero-order valence-electron chi connectivity index (χ0n) is 9.85. The summed E-state index contributed by atoms with van der Waals surface area (Å²) in [4.78, 5) is 4.68. The Labute approximate surface area is 117 Å². The van der Waals surface area contributed by atoms with Gasteiger partial charge in [0.2, 0.25) is 0 Å². The smallest absolute Gasteiger partial charge is 0.141 e. The first kappa shape index (κ1) is 11.9. The van der Waals surface area contributed by atoms with E-state index in [2.05, 4.69) is 43.0 Å². The quantitative estimate of drug-likeness (QED) is 0.784. The molecule has 0 aliphatic heterocycles. The van der Waals surface area contributed by atoms with Crippen LogP contribution in [0.15, 0.2) is 33.4 Å². The molecule has 5 heteroatoms. The van der Waals surface area contributed by atoms with Crippen LogP contribution in [0.3, 0.4) is 0 Å². The number of fused-ring (bicyclic) bond motifs is 1. The highest BCUT2D eigenvalue weighted by molar-refractivity contribution is 9.11. The van der Waals surface area contributed by atoms with Crippen LogP contribution in [-0.2, 0) is 13.6 Å². The third kappa shape index (κ3) is 1.88. The van der Waals surface area contributed by atoms with Crippen molar-refractivity contribution in [3.05, 3.63) is 39.0 Å². The predicted octanol–water partition coefficient (Wildman–Crippen LogP) is 3.52. The number of halogens is 1. The van der Waals surface area contributed by atoms with E-state index in [9.17, 15) is 0 Å². The topological polar surface area (TPSA) is 43.8 Å². The zero-order chi connectivity index (χ0) is 12.7. The van der Waals surface area contributed by atoms with Crippen molar-refractivity contribution in [3.8, 4) is 11.4 Å². The molecule has 3 aromatic rings. The van der Waals surface area contributed by atoms with Crippen LogP contribution in [0.1, 0.15) is 5.56 Å². The van der Waals surface area contributed by atoms with Crippen molar-refractivity contribution in [2.45, 2.75) is 6.54 Å². The second-order valence-electron chi connectivity index (χ2n) is 4.16. The van der Waals surface area contributed by atoms with E-state index in [1.54, 1.807) is 11.3 Å². The first-order valence-corrected chi connectivity index (χ1v) is 7.26. The highest BCUT2D eigenvalue weighted by Crippen LogP contribution is 2.30. The first-order valence-electron chi connectivity index (χ1n) is 5.59. The average molecular weight is 322 g/mol. The van der Waals surface area contributed by atoms with Gasteiger partial charge in [-0.1, -0.05) is 6.07 Å². The van der Waals surface area contributed by atoms with Crippen molar-refractivity contribution in [3.63, 3.8) is 0 Å². The summed E-state index contributed by atoms with van der Waals surface area (Å²) in [7, 11) is 2.04. The molecule has 0 radical (unpaired) electrons. The Bertz CT molecular complexity index is 714. The number of benzene rings is 1. The summed E-state index contributed by atoms with van der Waals surface area (Å²) in [6.07, 6.45) is 0. The number of hydrogen-bond acceptors (Lipinski definition) is 3. The third-order valence-corrected chi connectivity index (χ3v) is 4.51. The van der Waals surface area contributed by atoms with Gasteiger partial charge in [-0.15, -0.1) is 11.3 Å². The standard InChI is InChI=1S/C13H12BrN3S/c1-17-11-4-8(6-15)2-3-10(11)16-13(17)9-5-12(14)18-7-9/h2-5,7H,6,15H2,1H3. The number of nitrogens with two attached hydrogens (primary N) is 1. The summed E-state index contributed by atoms with van der Waals surface area (Å²) in [5.41, 5.74) is 10.1. The summed E-state index contributed by atoms with van der Waals surface area (Å²) in [6.45, 7) is 0.556. The molecule has 18 heavy (non-hydrogen) atoms. The molecule has 3 rings (SSSR count). The fourth-order valence-electron chi connectivity index (χ4n) is 2.05. The maximum absolute atomic E-state index is 5.68. The normalized spacial score (nSPS) is 11.3. The van der Waals surface area contributed by atoms with Crippen molar-refractivity contribution in [1.82, 2.24) is 9.55 Å². The Morgan fingerprint density at radius 1 is 1.39 bits per heavy atom. The van der Waals surface area contributed by atoms with E-state index in [-0.39, 0.29) is 0 Å². The van der Waals surface area contributed by atoms with Gasteiger partial charge in [0.25, 0.3) is 0 Å². The van der Waals surface area contributed by atoms with E-state index >= 15 is 0 Å². The Morgan fingerprint density at radius 2 is 2.22 bits per heavy atom. The first-order chi connectivity index (χ1) is 8.69. The fraction of sp³-hybridized carbons (Fsp3) is 0.154. The number of nitrogens with zero attached hydrogens (tertiary/aromatic N) is 2. The zero-order valence-corrected chi connectivity index (χ0v) is 12.3. The van der Waals surface area contributed by atoms with Gasteiger partial charge < -0.3 is 10.3 Å². The maximum atomic E-state index is 5.68. The van der Waals surface area contributed by atoms with Crippen molar-refractivity contribution >= 4 is 38.3 Å². The second kappa shape index (κ2) is 4.50. The minimum atomic E-state index is 0.556. The van der Waals surface area contributed by atoms with Crippen molar-refractivity contribution in [1.29, 1.82) is 0 Å². The van der Waals surface area contributed by atoms with Gasteiger partial charge in [0.15, 0.2) is 0 Å². The monoisotopic (exact) mass is 321 g/mol. The van der Waals surface area contributed by atoms with Crippen LogP contribution in [-0.4, -0.2) is 9.55 Å². The molecule has 0 saturated carbocycles. The molecule has 0 aliphatic carbocycles. The maximum Gasteiger partial charge on any atom is 0.141 e. The van der Waals surface area contributed by atoms with E-state index < -0.39 is 0 Å². The van der Waals surface area contributed by atoms with Crippen molar-refractivity contribution < 1.29 is 0 Å². The van der Waals surface area contributed by atoms with Crippen LogP contribution < -0.4 is 5.73 Å². The van der Waals surface area contributed by atoms with Gasteiger partial charge in [-0.2, -0.15) is 0 Å². The largest absolute Gasteiger partial charge is 0.327 e. The van der Waals surface area contributed by atoms with Crippen LogP contribution in [0.5, 0.6) is 0 Å². The van der Waals surface area contributed by atoms with E-state index in [0.717, 1.165) is 31.8 Å². The number of rotatable bonds is 2. The molecule has 1 aromatic carbocycles. The SMILES string of the molecule is Cn1c(-c2csc(Br)c2)nc2ccc(CN)cc21. The van der Waals surface area contributed by atoms with Gasteiger partial charge >= 0.3 is 0 Å². The molecule has 0 fully saturated rings. The van der Waals surface area contributed by atoms with E-state index in [1.165, 1.54) is 0 Å². The molecule has 2 N–H and O–H groups in total. The summed E-state index contributed by atoms with van der Waals surface area (Å²) in [6, 6.07) is 8.26. The number of thiophene rings is 1. The van der Waals surface area contributed by atoms with Gasteiger partial charge in [0.05, 0.1) is 14.8 Å². The Balaban J connectivity index is 2.22. The Hall–Kier alpha value is -1.17. The number of aryl methyl sites for hydroxylation is 1. The second-order valence-corrected chi connectivity index (χ2v) is 6.45. The number of hydrogen-bond donors (Lipinski definition) is 1. The van der Waals surface area contributed by atoms with Gasteiger partial charge in [-0.25, -0.2) is 4.98 Å². The summed E-state index contributed by atoms with van der Waals surface area (Å²) in [5, 5.41) is 2.11. The molecule has 0 unspecified atom stereocenters. The van der Waals surface area contributed by atoms with Crippen LogP contribution in [0.2, 0.25) is 0 Å². The lowest BCUT2D eigenvalue weighted by atomic mass is 10.2. The van der Waals surface area contributed by atoms with Crippen molar-refractivity contribution in [2.75, 3.05) is 0 Å². The number of imidazole rings is 1. The number of aromatic nitrogens is 2. The van der Waals surface area contributed by atoms with Crippen LogP contribution in [0.4, 0.5) is 0 Å². The molecular formula is C13H12BrN3S. The van der Waals surface area contributed by atoms with Gasteiger partial charge in [-0.3, -0.25) is 0 Å². The average Bonchev–Trinajstić information content (AvgIpc) is 2.94. The van der Waals surface area contributed by atoms with E-state index in [0.29, 0.717) is 6.54 Å². The van der Waals surface area contributed by atoms with E-state index in [4.69, 9.17) is 5.73 Å². The lowest BCUT2D eigenvalue weighted by Crippen LogP contribution is -1.96. The molecule has 0 bridgehead atoms. The molecular weight excluding hydrogens is 310 g/mol. The molecule has 2 aromatic heterocycles. The molecule has 2 heterocycles. The molecule has 0 spiro atoms. The van der Waals surface area contributed by atoms with E-state index in [1.807, 2.05) is 19.2 Å². The highest BCUT2D eigenvalue weighted by atomic mass is 79.9. The molecule has 0 aliphatic rings. The fourth-order valence-corrected chi connectivity index (χ4v) is 3.18. The highest BCUT2D eigenvalue weighted by Gasteiger charge is 2.11. The Kier molecular flexibility index (Phi) is 2.97. The third-order valence-electron chi connectivity index (χ3n) is 3.01. The van der Waals surface area contributed by atoms with Crippen LogP contribution in [0, 0.1) is 0 Å². The molecule has 0 saturated heterocycles. The minimum absolute atomic E-state index is 0.556. The van der Waals surface area contributed by atoms with Crippen LogP contribution >= 0.6 is 27.3 Å². The van der Waals surface area contributed by atoms with Gasteiger partial charge in [-0.05, 0) is 39.7 Å². The van der Waals surface area contributed by atoms with Crippen LogP contribution in [0.25, 0.3) is 22.4 Å². The lowest BCUT2D eigenvalue weighted by molar-refractivity contribution is 0.957. The van der Waals surface area contributed by atoms with Crippen molar-refractivity contribution in [2.24, 2.45) is 12.8 Å². The molecule has 3 nitrogen and oxygen atoms in total. The summed E-state index contributed by atoms with van der Waals surface area (Å²) in [5.74, 6) is 0.987. The van der Waals surface area contributed by atoms with Gasteiger partial charge in [0, 0.05) is 24.5 Å². The minimum Gasteiger partial charge on any atom is -0.327 e. The Morgan fingerprint density at radius 3 is 2.89 bits per heavy atom. The molecule has 92 valence electrons. The lowest BCUT2D eigenvalue weighted by Gasteiger charge is -2.00. The molecule has 0 atom stereocenters. The summed E-state index contributed by atoms with van der Waals surface area (Å²) < 4.78 is 3.23. The summed E-state index contributed by atoms with van der Waals surface area (Å²) >= 11 is 5.15. The predicted molar refractivity (Wildman–Crippen MR) is 79.6 cm³/mol. The molecule has 0 amide bonds. The van der Waals surface area contributed by atoms with Gasteiger partial charge in [0.1, 0.15) is 5.82 Å².